The molecule has 0 aromatic heterocycles. The van der Waals surface area contributed by atoms with Crippen LogP contribution in [0.5, 0.6) is 5.75 Å². The minimum atomic E-state index is -3.32. The monoisotopic (exact) mass is 445 g/mol. The summed E-state index contributed by atoms with van der Waals surface area (Å²) >= 11 is 0. The summed E-state index contributed by atoms with van der Waals surface area (Å²) in [4.78, 5) is 17.2. The first kappa shape index (κ1) is 23.1. The fraction of sp³-hybridized carbons (Fsp3) is 0.435. The van der Waals surface area contributed by atoms with Gasteiger partial charge in [0.15, 0.2) is 6.10 Å². The number of rotatable bonds is 8. The molecule has 7 nitrogen and oxygen atoms in total. The molecule has 0 bridgehead atoms. The number of piperazine rings is 1. The van der Waals surface area contributed by atoms with Crippen LogP contribution >= 0.6 is 0 Å². The first-order valence-electron chi connectivity index (χ1n) is 10.5. The van der Waals surface area contributed by atoms with Gasteiger partial charge in [-0.2, -0.15) is 0 Å². The van der Waals surface area contributed by atoms with Crippen molar-refractivity contribution in [2.24, 2.45) is 0 Å². The molecule has 0 saturated carbocycles. The summed E-state index contributed by atoms with van der Waals surface area (Å²) in [6, 6.07) is 17.1. The Hall–Kier alpha value is -2.58. The van der Waals surface area contributed by atoms with Gasteiger partial charge in [-0.25, -0.2) is 8.42 Å². The van der Waals surface area contributed by atoms with Gasteiger partial charge < -0.3 is 9.64 Å². The molecule has 8 heteroatoms. The van der Waals surface area contributed by atoms with Gasteiger partial charge in [-0.1, -0.05) is 37.3 Å². The first-order chi connectivity index (χ1) is 14.8. The molecule has 0 aliphatic carbocycles. The molecule has 1 amide bonds. The Labute approximate surface area is 185 Å². The second-order valence-corrected chi connectivity index (χ2v) is 9.84. The number of hydrogen-bond acceptors (Lipinski definition) is 5. The zero-order chi connectivity index (χ0) is 22.4. The lowest BCUT2D eigenvalue weighted by Gasteiger charge is -2.36. The number of sulfonamides is 1. The molecule has 1 fully saturated rings. The van der Waals surface area contributed by atoms with Crippen LogP contribution in [0.25, 0.3) is 0 Å². The fourth-order valence-electron chi connectivity index (χ4n) is 3.57. The Bertz CT molecular complexity index is 956. The number of benzene rings is 2. The third-order valence-corrected chi connectivity index (χ3v) is 6.76. The standard InChI is InChI=1S/C23H31N3O4S/c1-4-22(30-21-12-10-20(11-13-21)24(2)31(3,28)29)23(27)26-16-14-25(15-17-26)18-19-8-6-5-7-9-19/h5-13,22H,4,14-18H2,1-3H3/t22-/m1/s1. The predicted molar refractivity (Wildman–Crippen MR) is 123 cm³/mol. The van der Waals surface area contributed by atoms with Crippen molar-refractivity contribution in [1.29, 1.82) is 0 Å². The van der Waals surface area contributed by atoms with Crippen LogP contribution in [0, 0.1) is 0 Å². The molecule has 2 aromatic rings. The van der Waals surface area contributed by atoms with Gasteiger partial charge in [0, 0.05) is 39.8 Å². The molecular weight excluding hydrogens is 414 g/mol. The molecule has 1 saturated heterocycles. The Kier molecular flexibility index (Phi) is 7.56. The van der Waals surface area contributed by atoms with Crippen LogP contribution in [-0.4, -0.2) is 69.7 Å². The molecule has 1 heterocycles. The predicted octanol–water partition coefficient (Wildman–Crippen LogP) is 2.58. The van der Waals surface area contributed by atoms with Gasteiger partial charge in [-0.15, -0.1) is 0 Å². The topological polar surface area (TPSA) is 70.2 Å². The molecule has 1 aliphatic rings. The lowest BCUT2D eigenvalue weighted by molar-refractivity contribution is -0.140. The molecule has 31 heavy (non-hydrogen) atoms. The summed E-state index contributed by atoms with van der Waals surface area (Å²) in [5.41, 5.74) is 1.82. The van der Waals surface area contributed by atoms with Crippen molar-refractivity contribution in [2.75, 3.05) is 43.8 Å². The van der Waals surface area contributed by atoms with E-state index < -0.39 is 16.1 Å². The maximum absolute atomic E-state index is 13.0. The van der Waals surface area contributed by atoms with E-state index in [4.69, 9.17) is 4.74 Å². The van der Waals surface area contributed by atoms with E-state index in [9.17, 15) is 13.2 Å². The second kappa shape index (κ2) is 10.2. The maximum atomic E-state index is 13.0. The fourth-order valence-corrected chi connectivity index (χ4v) is 4.08. The Morgan fingerprint density at radius 3 is 2.19 bits per heavy atom. The minimum Gasteiger partial charge on any atom is -0.481 e. The van der Waals surface area contributed by atoms with Gasteiger partial charge in [-0.3, -0.25) is 14.0 Å². The third kappa shape index (κ3) is 6.21. The average Bonchev–Trinajstić information content (AvgIpc) is 2.77. The molecule has 168 valence electrons. The van der Waals surface area contributed by atoms with Gasteiger partial charge in [0.2, 0.25) is 10.0 Å². The van der Waals surface area contributed by atoms with Gasteiger partial charge in [0.25, 0.3) is 5.91 Å². The highest BCUT2D eigenvalue weighted by Gasteiger charge is 2.28. The summed E-state index contributed by atoms with van der Waals surface area (Å²) in [6.45, 7) is 5.87. The molecule has 0 unspecified atom stereocenters. The summed E-state index contributed by atoms with van der Waals surface area (Å²) in [7, 11) is -1.82. The van der Waals surface area contributed by atoms with Crippen LogP contribution < -0.4 is 9.04 Å². The van der Waals surface area contributed by atoms with E-state index in [0.29, 0.717) is 30.9 Å². The van der Waals surface area contributed by atoms with Crippen LogP contribution in [-0.2, 0) is 21.4 Å². The van der Waals surface area contributed by atoms with Crippen LogP contribution in [0.2, 0.25) is 0 Å². The summed E-state index contributed by atoms with van der Waals surface area (Å²) in [5.74, 6) is 0.549. The number of carbonyl (C=O) groups excluding carboxylic acids is 1. The van der Waals surface area contributed by atoms with Crippen LogP contribution in [0.4, 0.5) is 5.69 Å². The van der Waals surface area contributed by atoms with E-state index >= 15 is 0 Å². The van der Waals surface area contributed by atoms with Crippen LogP contribution in [0.1, 0.15) is 18.9 Å². The van der Waals surface area contributed by atoms with Crippen molar-refractivity contribution in [3.05, 3.63) is 60.2 Å². The van der Waals surface area contributed by atoms with Crippen LogP contribution in [0.3, 0.4) is 0 Å². The number of nitrogens with zero attached hydrogens (tertiary/aromatic N) is 3. The number of amides is 1. The van der Waals surface area contributed by atoms with Crippen molar-refractivity contribution >= 4 is 21.6 Å². The number of hydrogen-bond donors (Lipinski definition) is 0. The molecular formula is C23H31N3O4S. The highest BCUT2D eigenvalue weighted by atomic mass is 32.2. The molecule has 2 aromatic carbocycles. The largest absolute Gasteiger partial charge is 0.481 e. The van der Waals surface area contributed by atoms with Crippen molar-refractivity contribution in [2.45, 2.75) is 26.0 Å². The molecule has 0 spiro atoms. The zero-order valence-corrected chi connectivity index (χ0v) is 19.2. The van der Waals surface area contributed by atoms with E-state index in [-0.39, 0.29) is 5.91 Å². The Balaban J connectivity index is 1.54. The number of carbonyl (C=O) groups is 1. The number of anilines is 1. The maximum Gasteiger partial charge on any atom is 0.263 e. The normalized spacial score (nSPS) is 16.0. The quantitative estimate of drug-likeness (QED) is 0.625. The van der Waals surface area contributed by atoms with E-state index in [0.717, 1.165) is 25.9 Å². The van der Waals surface area contributed by atoms with Crippen molar-refractivity contribution in [3.8, 4) is 5.75 Å². The lowest BCUT2D eigenvalue weighted by Crippen LogP contribution is -2.52. The van der Waals surface area contributed by atoms with Gasteiger partial charge in [0.1, 0.15) is 5.75 Å². The molecule has 1 atom stereocenters. The zero-order valence-electron chi connectivity index (χ0n) is 18.4. The molecule has 0 radical (unpaired) electrons. The third-order valence-electron chi connectivity index (χ3n) is 5.56. The average molecular weight is 446 g/mol. The minimum absolute atomic E-state index is 0.000748. The van der Waals surface area contributed by atoms with Crippen LogP contribution in [0.15, 0.2) is 54.6 Å². The van der Waals surface area contributed by atoms with E-state index in [2.05, 4.69) is 17.0 Å². The number of ether oxygens (including phenoxy) is 1. The van der Waals surface area contributed by atoms with E-state index in [1.54, 1.807) is 24.3 Å². The van der Waals surface area contributed by atoms with Gasteiger partial charge in [0.05, 0.1) is 11.9 Å². The summed E-state index contributed by atoms with van der Waals surface area (Å²) in [5, 5.41) is 0. The smallest absolute Gasteiger partial charge is 0.263 e. The first-order valence-corrected chi connectivity index (χ1v) is 12.4. The lowest BCUT2D eigenvalue weighted by atomic mass is 10.1. The van der Waals surface area contributed by atoms with E-state index in [1.807, 2.05) is 30.0 Å². The summed E-state index contributed by atoms with van der Waals surface area (Å²) in [6.07, 6.45) is 1.16. The SMILES string of the molecule is CC[C@@H](Oc1ccc(N(C)S(C)(=O)=O)cc1)C(=O)N1CCN(Cc2ccccc2)CC1. The Morgan fingerprint density at radius 1 is 1.03 bits per heavy atom. The van der Waals surface area contributed by atoms with Crippen molar-refractivity contribution in [1.82, 2.24) is 9.80 Å². The van der Waals surface area contributed by atoms with Gasteiger partial charge >= 0.3 is 0 Å². The Morgan fingerprint density at radius 2 is 1.65 bits per heavy atom. The highest BCUT2D eigenvalue weighted by molar-refractivity contribution is 7.92. The highest BCUT2D eigenvalue weighted by Crippen LogP contribution is 2.22. The van der Waals surface area contributed by atoms with Crippen molar-refractivity contribution < 1.29 is 17.9 Å². The molecule has 3 rings (SSSR count). The molecule has 0 N–H and O–H groups in total. The summed E-state index contributed by atoms with van der Waals surface area (Å²) < 4.78 is 30.5. The molecule has 1 aliphatic heterocycles. The second-order valence-electron chi connectivity index (χ2n) is 7.83. The van der Waals surface area contributed by atoms with Crippen molar-refractivity contribution in [3.63, 3.8) is 0 Å². The van der Waals surface area contributed by atoms with E-state index in [1.165, 1.54) is 16.9 Å². The van der Waals surface area contributed by atoms with Gasteiger partial charge in [-0.05, 0) is 36.2 Å².